The lowest BCUT2D eigenvalue weighted by molar-refractivity contribution is -0.143. The fourth-order valence-electron chi connectivity index (χ4n) is 7.04. The van der Waals surface area contributed by atoms with Crippen molar-refractivity contribution < 1.29 is 82.5 Å². The van der Waals surface area contributed by atoms with E-state index in [9.17, 15) is 58.5 Å². The lowest BCUT2D eigenvalue weighted by atomic mass is 9.90. The summed E-state index contributed by atoms with van der Waals surface area (Å²) >= 11 is 0. The van der Waals surface area contributed by atoms with Crippen molar-refractivity contribution in [3.63, 3.8) is 0 Å². The molecule has 0 saturated carbocycles. The standard InChI is InChI=1S/C49H78BN5O17/c50-47(64)40(33-36-17-19-37(56)20-18-36)55-45(61)35-72-32-30-70-28-26-52-44(60)34-71-31-29-69-27-25-51-41(57)23-21-38(48(65)66)54-43(59)24-22-39(49(67)68)53-42(58)15-13-11-9-7-5-3-1-2-4-6-8-10-12-14-16-46(62)63/h17-20,38-40,56H,1-16,21-35H2,(H,51,57)(H,52,60)(H,53,58)(H,54,59)(H,55,61)(H,62,63)(H,65,66)(H,67,68)/t38-,39?,40?/m0/s1. The van der Waals surface area contributed by atoms with Crippen LogP contribution in [-0.2, 0) is 68.5 Å². The summed E-state index contributed by atoms with van der Waals surface area (Å²) in [6, 6.07) is 2.46. The summed E-state index contributed by atoms with van der Waals surface area (Å²) in [5, 5.41) is 49.7. The highest BCUT2D eigenvalue weighted by atomic mass is 16.5. The van der Waals surface area contributed by atoms with Gasteiger partial charge in [0.05, 0.1) is 51.4 Å². The minimum absolute atomic E-state index is 0.0689. The van der Waals surface area contributed by atoms with E-state index in [2.05, 4.69) is 26.6 Å². The summed E-state index contributed by atoms with van der Waals surface area (Å²) in [6.45, 7) is 0.438. The van der Waals surface area contributed by atoms with Gasteiger partial charge in [-0.1, -0.05) is 89.2 Å². The fraction of sp³-hybridized carbons (Fsp3) is 0.694. The number of phenolic OH excluding ortho intramolecular Hbond substituents is 1. The minimum atomic E-state index is -1.40. The highest BCUT2D eigenvalue weighted by Gasteiger charge is 2.25. The predicted molar refractivity (Wildman–Crippen MR) is 263 cm³/mol. The van der Waals surface area contributed by atoms with Crippen LogP contribution in [0.15, 0.2) is 24.3 Å². The van der Waals surface area contributed by atoms with Crippen molar-refractivity contribution in [2.45, 2.75) is 153 Å². The summed E-state index contributed by atoms with van der Waals surface area (Å²) in [7, 11) is 5.39. The number of amides is 5. The Kier molecular flexibility index (Phi) is 37.5. The zero-order valence-corrected chi connectivity index (χ0v) is 41.6. The number of carbonyl (C=O) groups excluding carboxylic acids is 6. The van der Waals surface area contributed by atoms with Crippen LogP contribution in [0.25, 0.3) is 0 Å². The van der Waals surface area contributed by atoms with E-state index in [1.165, 1.54) is 37.8 Å². The number of carboxylic acid groups (broad SMARTS) is 3. The molecule has 1 aromatic rings. The van der Waals surface area contributed by atoms with E-state index in [1.54, 1.807) is 12.1 Å². The molecule has 2 radical (unpaired) electrons. The second kappa shape index (κ2) is 41.9. The molecule has 0 bridgehead atoms. The van der Waals surface area contributed by atoms with Crippen LogP contribution in [0.2, 0.25) is 0 Å². The first-order chi connectivity index (χ1) is 34.6. The van der Waals surface area contributed by atoms with Crippen LogP contribution in [0.4, 0.5) is 0 Å². The molecule has 0 aliphatic carbocycles. The molecule has 0 saturated heterocycles. The molecule has 23 heteroatoms. The predicted octanol–water partition coefficient (Wildman–Crippen LogP) is 2.44. The van der Waals surface area contributed by atoms with Crippen LogP contribution in [0.1, 0.15) is 134 Å². The van der Waals surface area contributed by atoms with Gasteiger partial charge in [0, 0.05) is 38.8 Å². The largest absolute Gasteiger partial charge is 0.508 e. The first kappa shape index (κ1) is 64.4. The molecule has 2 unspecified atom stereocenters. The van der Waals surface area contributed by atoms with Crippen LogP contribution in [0.5, 0.6) is 5.75 Å². The van der Waals surface area contributed by atoms with Crippen LogP contribution >= 0.6 is 0 Å². The Hall–Kier alpha value is -5.65. The number of rotatable bonds is 47. The monoisotopic (exact) mass is 1020 g/mol. The number of hydrogen-bond donors (Lipinski definition) is 9. The van der Waals surface area contributed by atoms with Gasteiger partial charge in [0.2, 0.25) is 29.5 Å². The third-order valence-corrected chi connectivity index (χ3v) is 11.0. The van der Waals surface area contributed by atoms with Crippen LogP contribution in [-0.4, -0.2) is 165 Å². The van der Waals surface area contributed by atoms with Gasteiger partial charge in [-0.05, 0) is 49.8 Å². The Morgan fingerprint density at radius 3 is 1.29 bits per heavy atom. The molecule has 22 nitrogen and oxygen atoms in total. The van der Waals surface area contributed by atoms with Gasteiger partial charge in [-0.25, -0.2) is 9.59 Å². The van der Waals surface area contributed by atoms with Gasteiger partial charge in [0.25, 0.3) is 0 Å². The maximum Gasteiger partial charge on any atom is 0.326 e. The van der Waals surface area contributed by atoms with Gasteiger partial charge < -0.3 is 70.8 Å². The molecular weight excluding hydrogens is 941 g/mol. The van der Waals surface area contributed by atoms with E-state index in [1.807, 2.05) is 0 Å². The quantitative estimate of drug-likeness (QED) is 0.0334. The van der Waals surface area contributed by atoms with Crippen molar-refractivity contribution in [2.24, 2.45) is 0 Å². The molecule has 404 valence electrons. The van der Waals surface area contributed by atoms with Gasteiger partial charge in [0.15, 0.2) is 7.85 Å². The van der Waals surface area contributed by atoms with Crippen molar-refractivity contribution in [3.8, 4) is 5.75 Å². The Bertz CT molecular complexity index is 1760. The average molecular weight is 1020 g/mol. The van der Waals surface area contributed by atoms with Crippen molar-refractivity contribution >= 4 is 61.0 Å². The summed E-state index contributed by atoms with van der Waals surface area (Å²) < 4.78 is 21.2. The molecular formula is C49H78BN5O17. The second-order valence-corrected chi connectivity index (χ2v) is 17.3. The number of unbranched alkanes of at least 4 members (excludes halogenated alkanes) is 13. The summed E-state index contributed by atoms with van der Waals surface area (Å²) in [5.41, 5.74) is -0.0206. The van der Waals surface area contributed by atoms with Crippen LogP contribution in [0, 0.1) is 0 Å². The van der Waals surface area contributed by atoms with E-state index in [0.717, 1.165) is 57.8 Å². The van der Waals surface area contributed by atoms with Gasteiger partial charge in [0.1, 0.15) is 31.0 Å². The van der Waals surface area contributed by atoms with Gasteiger partial charge >= 0.3 is 17.9 Å². The SMILES string of the molecule is [B]C(=O)C(Cc1ccc(O)cc1)NC(=O)COCCOCCNC(=O)COCCOCCNC(=O)CC[C@H](NC(=O)CCC(NC(=O)CCCCCCCCCCCCCCCCC(=O)O)C(=O)O)C(=O)O. The summed E-state index contributed by atoms with van der Waals surface area (Å²) in [6.07, 6.45) is 13.9. The molecule has 3 atom stereocenters. The first-order valence-corrected chi connectivity index (χ1v) is 25.0. The van der Waals surface area contributed by atoms with Crippen molar-refractivity contribution in [2.75, 3.05) is 65.9 Å². The number of aliphatic carboxylic acids is 3. The summed E-state index contributed by atoms with van der Waals surface area (Å²) in [5.74, 6) is -5.95. The third-order valence-electron chi connectivity index (χ3n) is 11.0. The van der Waals surface area contributed by atoms with E-state index in [-0.39, 0.29) is 117 Å². The number of nitrogens with one attached hydrogen (secondary N) is 5. The molecule has 0 fully saturated rings. The van der Waals surface area contributed by atoms with Crippen LogP contribution in [0.3, 0.4) is 0 Å². The molecule has 0 heterocycles. The summed E-state index contributed by atoms with van der Waals surface area (Å²) in [4.78, 5) is 107. The number of carbonyl (C=O) groups is 9. The van der Waals surface area contributed by atoms with E-state index in [4.69, 9.17) is 31.9 Å². The maximum atomic E-state index is 12.5. The maximum absolute atomic E-state index is 12.5. The second-order valence-electron chi connectivity index (χ2n) is 17.3. The Labute approximate surface area is 423 Å². The van der Waals surface area contributed by atoms with Crippen molar-refractivity contribution in [1.29, 1.82) is 0 Å². The molecule has 1 aromatic carbocycles. The number of benzene rings is 1. The number of phenols is 1. The molecule has 0 aliphatic rings. The molecule has 72 heavy (non-hydrogen) atoms. The fourth-order valence-corrected chi connectivity index (χ4v) is 7.04. The highest BCUT2D eigenvalue weighted by molar-refractivity contribution is 6.59. The molecule has 1 rings (SSSR count). The average Bonchev–Trinajstić information content (AvgIpc) is 3.33. The lowest BCUT2D eigenvalue weighted by Gasteiger charge is -2.17. The van der Waals surface area contributed by atoms with Gasteiger partial charge in [-0.15, -0.1) is 0 Å². The molecule has 9 N–H and O–H groups in total. The Balaban J connectivity index is 2.06. The number of ether oxygens (including phenoxy) is 4. The lowest BCUT2D eigenvalue weighted by Crippen LogP contribution is -2.44. The number of hydrogen-bond acceptors (Lipinski definition) is 14. The molecule has 0 spiro atoms. The molecule has 5 amide bonds. The van der Waals surface area contributed by atoms with E-state index in [0.29, 0.717) is 12.0 Å². The normalized spacial score (nSPS) is 12.2. The smallest absolute Gasteiger partial charge is 0.326 e. The molecule has 0 aromatic heterocycles. The first-order valence-electron chi connectivity index (χ1n) is 25.0. The van der Waals surface area contributed by atoms with Gasteiger partial charge in [-0.2, -0.15) is 0 Å². The Morgan fingerprint density at radius 2 is 0.833 bits per heavy atom. The zero-order chi connectivity index (χ0) is 53.2. The number of aromatic hydroxyl groups is 1. The van der Waals surface area contributed by atoms with Crippen LogP contribution < -0.4 is 26.6 Å². The van der Waals surface area contributed by atoms with Gasteiger partial charge in [-0.3, -0.25) is 28.8 Å². The molecule has 0 aliphatic heterocycles. The highest BCUT2D eigenvalue weighted by Crippen LogP contribution is 2.15. The minimum Gasteiger partial charge on any atom is -0.508 e. The van der Waals surface area contributed by atoms with E-state index < -0.39 is 71.3 Å². The zero-order valence-electron chi connectivity index (χ0n) is 41.6. The van der Waals surface area contributed by atoms with Crippen molar-refractivity contribution in [1.82, 2.24) is 26.6 Å². The Morgan fingerprint density at radius 1 is 0.444 bits per heavy atom. The van der Waals surface area contributed by atoms with Crippen molar-refractivity contribution in [3.05, 3.63) is 29.8 Å². The third kappa shape index (κ3) is 37.2. The topological polar surface area (TPSA) is 332 Å². The number of carboxylic acids is 3. The van der Waals surface area contributed by atoms with E-state index >= 15 is 0 Å².